The van der Waals surface area contributed by atoms with Crippen LogP contribution in [0.2, 0.25) is 0 Å². The zero-order valence-corrected chi connectivity index (χ0v) is 12.2. The summed E-state index contributed by atoms with van der Waals surface area (Å²) in [6.07, 6.45) is -2.95. The van der Waals surface area contributed by atoms with E-state index >= 15 is 0 Å². The molecule has 2 aliphatic heterocycles. The van der Waals surface area contributed by atoms with Gasteiger partial charge in [0.2, 0.25) is 0 Å². The second-order valence-corrected chi connectivity index (χ2v) is 5.51. The average molecular weight is 322 g/mol. The Bertz CT molecular complexity index is 581. The molecule has 2 aliphatic rings. The summed E-state index contributed by atoms with van der Waals surface area (Å²) >= 11 is 0. The highest BCUT2D eigenvalue weighted by Gasteiger charge is 2.50. The van der Waals surface area contributed by atoms with Crippen LogP contribution in [0.25, 0.3) is 0 Å². The van der Waals surface area contributed by atoms with E-state index in [9.17, 15) is 19.8 Å². The van der Waals surface area contributed by atoms with Crippen LogP contribution in [0.5, 0.6) is 0 Å². The van der Waals surface area contributed by atoms with Gasteiger partial charge in [0.15, 0.2) is 6.29 Å². The van der Waals surface area contributed by atoms with Crippen LogP contribution < -0.4 is 10.6 Å². The van der Waals surface area contributed by atoms with Crippen molar-refractivity contribution in [3.8, 4) is 0 Å². The third-order valence-corrected chi connectivity index (χ3v) is 3.98. The minimum atomic E-state index is -1.15. The van der Waals surface area contributed by atoms with Crippen molar-refractivity contribution in [2.75, 3.05) is 6.61 Å². The Morgan fingerprint density at radius 1 is 1.09 bits per heavy atom. The molecule has 0 saturated carbocycles. The average Bonchev–Trinajstić information content (AvgIpc) is 2.57. The molecule has 4 N–H and O–H groups in total. The number of amides is 2. The number of hydrogen-bond donors (Lipinski definition) is 4. The van der Waals surface area contributed by atoms with Crippen molar-refractivity contribution < 1.29 is 29.3 Å². The molecule has 2 fully saturated rings. The highest BCUT2D eigenvalue weighted by molar-refractivity contribution is 6.35. The van der Waals surface area contributed by atoms with E-state index in [1.807, 2.05) is 30.3 Å². The van der Waals surface area contributed by atoms with Crippen LogP contribution in [-0.2, 0) is 25.7 Å². The summed E-state index contributed by atoms with van der Waals surface area (Å²) in [5.74, 6) is -1.64. The number of carbonyl (C=O) groups is 2. The lowest BCUT2D eigenvalue weighted by molar-refractivity contribution is -0.255. The molecule has 0 spiro atoms. The van der Waals surface area contributed by atoms with Crippen LogP contribution in [0.15, 0.2) is 30.3 Å². The molecule has 23 heavy (non-hydrogen) atoms. The Labute approximate surface area is 132 Å². The number of aliphatic hydroxyl groups excluding tert-OH is 2. The fraction of sp³-hybridized carbons (Fsp3) is 0.467. The van der Waals surface area contributed by atoms with Crippen molar-refractivity contribution >= 4 is 11.8 Å². The van der Waals surface area contributed by atoms with Crippen LogP contribution >= 0.6 is 0 Å². The molecule has 2 heterocycles. The first kappa shape index (κ1) is 15.9. The van der Waals surface area contributed by atoms with Gasteiger partial charge in [0.25, 0.3) is 0 Å². The number of ether oxygens (including phenoxy) is 2. The third kappa shape index (κ3) is 3.20. The van der Waals surface area contributed by atoms with Gasteiger partial charge in [-0.15, -0.1) is 0 Å². The van der Waals surface area contributed by atoms with Gasteiger partial charge >= 0.3 is 11.8 Å². The molecule has 0 radical (unpaired) electrons. The largest absolute Gasteiger partial charge is 0.394 e. The topological polar surface area (TPSA) is 117 Å². The smallest absolute Gasteiger partial charge is 0.309 e. The Balaban J connectivity index is 1.74. The highest BCUT2D eigenvalue weighted by Crippen LogP contribution is 2.24. The maximum absolute atomic E-state index is 11.6. The van der Waals surface area contributed by atoms with Gasteiger partial charge < -0.3 is 30.3 Å². The van der Waals surface area contributed by atoms with Crippen LogP contribution in [0.4, 0.5) is 0 Å². The molecule has 0 bridgehead atoms. The summed E-state index contributed by atoms with van der Waals surface area (Å²) in [5.41, 5.74) is 0.908. The standard InChI is InChI=1S/C15H18N2O6/c18-6-9-12(19)10-11(17-14(21)13(20)16-10)15(23-9)22-7-8-4-2-1-3-5-8/h1-5,9-12,15,18-19H,6-7H2,(H,16,20)(H,17,21). The van der Waals surface area contributed by atoms with Crippen LogP contribution in [0.1, 0.15) is 5.56 Å². The Kier molecular flexibility index (Phi) is 4.58. The van der Waals surface area contributed by atoms with Gasteiger partial charge in [-0.3, -0.25) is 9.59 Å². The van der Waals surface area contributed by atoms with Crippen LogP contribution in [0.3, 0.4) is 0 Å². The number of aliphatic hydroxyl groups is 2. The molecule has 8 nitrogen and oxygen atoms in total. The van der Waals surface area contributed by atoms with Gasteiger partial charge in [0.05, 0.1) is 19.3 Å². The normalized spacial score (nSPS) is 33.6. The van der Waals surface area contributed by atoms with Gasteiger partial charge in [-0.1, -0.05) is 30.3 Å². The molecular weight excluding hydrogens is 304 g/mol. The first-order valence-electron chi connectivity index (χ1n) is 7.31. The van der Waals surface area contributed by atoms with E-state index in [4.69, 9.17) is 9.47 Å². The monoisotopic (exact) mass is 322 g/mol. The number of hydrogen-bond acceptors (Lipinski definition) is 6. The number of benzene rings is 1. The summed E-state index contributed by atoms with van der Waals surface area (Å²) < 4.78 is 11.2. The lowest BCUT2D eigenvalue weighted by atomic mass is 9.92. The van der Waals surface area contributed by atoms with E-state index in [1.54, 1.807) is 0 Å². The molecule has 8 heteroatoms. The maximum atomic E-state index is 11.6. The maximum Gasteiger partial charge on any atom is 0.309 e. The van der Waals surface area contributed by atoms with Crippen molar-refractivity contribution in [1.29, 1.82) is 0 Å². The second-order valence-electron chi connectivity index (χ2n) is 5.51. The number of nitrogens with one attached hydrogen (secondary N) is 2. The van der Waals surface area contributed by atoms with Crippen molar-refractivity contribution in [2.45, 2.75) is 37.2 Å². The summed E-state index contributed by atoms with van der Waals surface area (Å²) in [5, 5.41) is 24.4. The Morgan fingerprint density at radius 3 is 2.39 bits per heavy atom. The van der Waals surface area contributed by atoms with Gasteiger partial charge in [0.1, 0.15) is 18.2 Å². The quantitative estimate of drug-likeness (QED) is 0.489. The number of rotatable bonds is 4. The first-order chi connectivity index (χ1) is 11.1. The fourth-order valence-corrected chi connectivity index (χ4v) is 2.76. The zero-order valence-electron chi connectivity index (χ0n) is 12.2. The van der Waals surface area contributed by atoms with Gasteiger partial charge in [-0.05, 0) is 5.56 Å². The molecule has 0 aliphatic carbocycles. The molecule has 5 unspecified atom stereocenters. The Morgan fingerprint density at radius 2 is 1.74 bits per heavy atom. The lowest BCUT2D eigenvalue weighted by Crippen LogP contribution is -2.74. The number of fused-ring (bicyclic) bond motifs is 1. The molecule has 1 aromatic rings. The molecule has 1 aromatic carbocycles. The van der Waals surface area contributed by atoms with E-state index in [1.165, 1.54) is 0 Å². The Hall–Kier alpha value is -2.00. The SMILES string of the molecule is O=C1NC2C(OCc3ccccc3)OC(CO)C(O)C2NC1=O. The molecule has 2 saturated heterocycles. The van der Waals surface area contributed by atoms with E-state index in [0.29, 0.717) is 0 Å². The zero-order chi connectivity index (χ0) is 16.4. The summed E-state index contributed by atoms with van der Waals surface area (Å²) in [6, 6.07) is 7.84. The molecule has 124 valence electrons. The van der Waals surface area contributed by atoms with E-state index < -0.39 is 49.0 Å². The van der Waals surface area contributed by atoms with Crippen LogP contribution in [0, 0.1) is 0 Å². The van der Waals surface area contributed by atoms with Gasteiger partial charge in [0, 0.05) is 0 Å². The molecule has 3 rings (SSSR count). The summed E-state index contributed by atoms with van der Waals surface area (Å²) in [4.78, 5) is 23.1. The predicted octanol–water partition coefficient (Wildman–Crippen LogP) is -1.74. The molecule has 5 atom stereocenters. The van der Waals surface area contributed by atoms with E-state index in [2.05, 4.69) is 10.6 Å². The lowest BCUT2D eigenvalue weighted by Gasteiger charge is -2.46. The highest BCUT2D eigenvalue weighted by atomic mass is 16.7. The van der Waals surface area contributed by atoms with Gasteiger partial charge in [-0.2, -0.15) is 0 Å². The van der Waals surface area contributed by atoms with Crippen molar-refractivity contribution in [3.63, 3.8) is 0 Å². The van der Waals surface area contributed by atoms with Crippen molar-refractivity contribution in [3.05, 3.63) is 35.9 Å². The molecular formula is C15H18N2O6. The first-order valence-corrected chi connectivity index (χ1v) is 7.31. The fourth-order valence-electron chi connectivity index (χ4n) is 2.76. The van der Waals surface area contributed by atoms with E-state index in [0.717, 1.165) is 5.56 Å². The summed E-state index contributed by atoms with van der Waals surface area (Å²) in [6.45, 7) is -0.202. The van der Waals surface area contributed by atoms with Crippen LogP contribution in [-0.4, -0.2) is 59.2 Å². The number of carbonyl (C=O) groups excluding carboxylic acids is 2. The number of piperazine rings is 1. The van der Waals surface area contributed by atoms with Gasteiger partial charge in [-0.25, -0.2) is 0 Å². The third-order valence-electron chi connectivity index (χ3n) is 3.98. The molecule has 0 aromatic heterocycles. The van der Waals surface area contributed by atoms with Crippen molar-refractivity contribution in [2.24, 2.45) is 0 Å². The second kappa shape index (κ2) is 6.63. The predicted molar refractivity (Wildman–Crippen MR) is 76.8 cm³/mol. The minimum Gasteiger partial charge on any atom is -0.394 e. The van der Waals surface area contributed by atoms with E-state index in [-0.39, 0.29) is 6.61 Å². The minimum absolute atomic E-state index is 0.229. The summed E-state index contributed by atoms with van der Waals surface area (Å²) in [7, 11) is 0. The molecule has 2 amide bonds. The van der Waals surface area contributed by atoms with Crippen molar-refractivity contribution in [1.82, 2.24) is 10.6 Å².